The molecule has 8 heteroatoms. The van der Waals surface area contributed by atoms with E-state index in [9.17, 15) is 19.2 Å². The zero-order valence-corrected chi connectivity index (χ0v) is 14.2. The van der Waals surface area contributed by atoms with Crippen LogP contribution >= 0.6 is 0 Å². The Bertz CT molecular complexity index is 662. The molecule has 1 aromatic carbocycles. The number of unbranched alkanes of at least 4 members (excludes halogenated alkanes) is 1. The maximum absolute atomic E-state index is 12.5. The van der Waals surface area contributed by atoms with E-state index in [-0.39, 0.29) is 25.5 Å². The number of rotatable bonds is 8. The number of para-hydroxylation sites is 1. The molecule has 0 aliphatic carbocycles. The molecule has 134 valence electrons. The lowest BCUT2D eigenvalue weighted by molar-refractivity contribution is -0.135. The largest absolute Gasteiger partial charge is 0.368 e. The van der Waals surface area contributed by atoms with E-state index < -0.39 is 17.8 Å². The molecule has 2 N–H and O–H groups in total. The number of primary amides is 1. The molecule has 0 spiro atoms. The molecule has 0 saturated carbocycles. The normalized spacial score (nSPS) is 14.1. The van der Waals surface area contributed by atoms with E-state index in [1.165, 1.54) is 9.80 Å². The van der Waals surface area contributed by atoms with Crippen LogP contribution in [0.5, 0.6) is 0 Å². The van der Waals surface area contributed by atoms with Gasteiger partial charge in [-0.05, 0) is 18.6 Å². The van der Waals surface area contributed by atoms with Gasteiger partial charge < -0.3 is 15.5 Å². The topological polar surface area (TPSA) is 104 Å². The van der Waals surface area contributed by atoms with Gasteiger partial charge in [-0.3, -0.25) is 14.4 Å². The van der Waals surface area contributed by atoms with Gasteiger partial charge in [0.2, 0.25) is 11.8 Å². The Kier molecular flexibility index (Phi) is 6.10. The molecule has 5 amide bonds. The smallest absolute Gasteiger partial charge is 0.332 e. The molecule has 1 fully saturated rings. The number of urea groups is 1. The van der Waals surface area contributed by atoms with E-state index >= 15 is 0 Å². The van der Waals surface area contributed by atoms with Gasteiger partial charge in [-0.1, -0.05) is 31.5 Å². The van der Waals surface area contributed by atoms with Gasteiger partial charge in [-0.25, -0.2) is 9.69 Å². The van der Waals surface area contributed by atoms with Gasteiger partial charge in [0, 0.05) is 6.54 Å². The summed E-state index contributed by atoms with van der Waals surface area (Å²) in [7, 11) is 0. The van der Waals surface area contributed by atoms with Crippen LogP contribution in [0.15, 0.2) is 30.3 Å². The molecule has 1 aliphatic rings. The van der Waals surface area contributed by atoms with Gasteiger partial charge in [-0.2, -0.15) is 0 Å². The minimum atomic E-state index is -0.612. The fraction of sp³-hybridized carbons (Fsp3) is 0.412. The van der Waals surface area contributed by atoms with Crippen LogP contribution in [0.25, 0.3) is 0 Å². The van der Waals surface area contributed by atoms with Crippen molar-refractivity contribution in [1.82, 2.24) is 9.80 Å². The van der Waals surface area contributed by atoms with Gasteiger partial charge in [0.25, 0.3) is 5.91 Å². The number of nitrogens with zero attached hydrogens (tertiary/aromatic N) is 3. The Morgan fingerprint density at radius 2 is 1.88 bits per heavy atom. The SMILES string of the molecule is CCCCN(CC(N)=O)C(=O)CN1CC(=O)N(c2ccccc2)C1=O. The van der Waals surface area contributed by atoms with Gasteiger partial charge in [-0.15, -0.1) is 0 Å². The summed E-state index contributed by atoms with van der Waals surface area (Å²) < 4.78 is 0. The number of hydrogen-bond acceptors (Lipinski definition) is 4. The van der Waals surface area contributed by atoms with Gasteiger partial charge >= 0.3 is 6.03 Å². The number of benzene rings is 1. The molecule has 0 atom stereocenters. The highest BCUT2D eigenvalue weighted by Crippen LogP contribution is 2.20. The Labute approximate surface area is 146 Å². The first kappa shape index (κ1) is 18.4. The number of amides is 5. The van der Waals surface area contributed by atoms with Crippen molar-refractivity contribution < 1.29 is 19.2 Å². The van der Waals surface area contributed by atoms with Crippen LogP contribution in [-0.2, 0) is 14.4 Å². The molecule has 0 radical (unpaired) electrons. The van der Waals surface area contributed by atoms with E-state index in [2.05, 4.69) is 0 Å². The monoisotopic (exact) mass is 346 g/mol. The number of hydrogen-bond donors (Lipinski definition) is 1. The summed E-state index contributed by atoms with van der Waals surface area (Å²) in [4.78, 5) is 51.8. The lowest BCUT2D eigenvalue weighted by Crippen LogP contribution is -2.45. The first-order chi connectivity index (χ1) is 11.9. The summed E-state index contributed by atoms with van der Waals surface area (Å²) >= 11 is 0. The molecular weight excluding hydrogens is 324 g/mol. The molecule has 0 bridgehead atoms. The number of anilines is 1. The summed E-state index contributed by atoms with van der Waals surface area (Å²) in [5, 5.41) is 0. The highest BCUT2D eigenvalue weighted by molar-refractivity contribution is 6.20. The van der Waals surface area contributed by atoms with Crippen molar-refractivity contribution >= 4 is 29.4 Å². The molecular formula is C17H22N4O4. The second kappa shape index (κ2) is 8.27. The van der Waals surface area contributed by atoms with Crippen LogP contribution in [0.4, 0.5) is 10.5 Å². The number of imide groups is 1. The summed E-state index contributed by atoms with van der Waals surface area (Å²) in [6, 6.07) is 8.00. The zero-order valence-electron chi connectivity index (χ0n) is 14.2. The standard InChI is InChI=1S/C17H22N4O4/c1-2-3-9-19(10-14(18)22)15(23)11-20-12-16(24)21(17(20)25)13-7-5-4-6-8-13/h4-8H,2-3,9-12H2,1H3,(H2,18,22). The molecule has 0 aromatic heterocycles. The fourth-order valence-corrected chi connectivity index (χ4v) is 2.60. The molecule has 1 aromatic rings. The highest BCUT2D eigenvalue weighted by atomic mass is 16.2. The van der Waals surface area contributed by atoms with Crippen LogP contribution in [0.1, 0.15) is 19.8 Å². The number of nitrogens with two attached hydrogens (primary N) is 1. The van der Waals surface area contributed by atoms with Crippen molar-refractivity contribution in [3.8, 4) is 0 Å². The number of carbonyl (C=O) groups is 4. The van der Waals surface area contributed by atoms with Gasteiger partial charge in [0.05, 0.1) is 12.2 Å². The second-order valence-electron chi connectivity index (χ2n) is 5.84. The van der Waals surface area contributed by atoms with Crippen molar-refractivity contribution in [2.45, 2.75) is 19.8 Å². The summed E-state index contributed by atoms with van der Waals surface area (Å²) in [6.45, 7) is 1.73. The Balaban J connectivity index is 2.06. The Morgan fingerprint density at radius 1 is 1.20 bits per heavy atom. The molecule has 2 rings (SSSR count). The van der Waals surface area contributed by atoms with E-state index in [0.29, 0.717) is 12.2 Å². The highest BCUT2D eigenvalue weighted by Gasteiger charge is 2.38. The molecule has 1 heterocycles. The third-order valence-electron chi connectivity index (χ3n) is 3.86. The van der Waals surface area contributed by atoms with Gasteiger partial charge in [0.15, 0.2) is 0 Å². The average Bonchev–Trinajstić information content (AvgIpc) is 2.85. The molecule has 0 unspecified atom stereocenters. The predicted octanol–water partition coefficient (Wildman–Crippen LogP) is 0.569. The van der Waals surface area contributed by atoms with Crippen molar-refractivity contribution in [3.05, 3.63) is 30.3 Å². The predicted molar refractivity (Wildman–Crippen MR) is 91.6 cm³/mol. The van der Waals surface area contributed by atoms with Crippen LogP contribution < -0.4 is 10.6 Å². The molecule has 8 nitrogen and oxygen atoms in total. The second-order valence-corrected chi connectivity index (χ2v) is 5.84. The van der Waals surface area contributed by atoms with Crippen LogP contribution in [0, 0.1) is 0 Å². The van der Waals surface area contributed by atoms with Crippen LogP contribution in [0.3, 0.4) is 0 Å². The Morgan fingerprint density at radius 3 is 2.48 bits per heavy atom. The maximum Gasteiger partial charge on any atom is 0.332 e. The first-order valence-corrected chi connectivity index (χ1v) is 8.17. The van der Waals surface area contributed by atoms with E-state index in [1.54, 1.807) is 30.3 Å². The van der Waals surface area contributed by atoms with E-state index in [1.807, 2.05) is 6.92 Å². The lowest BCUT2D eigenvalue weighted by atomic mass is 10.3. The summed E-state index contributed by atoms with van der Waals surface area (Å²) in [5.41, 5.74) is 5.65. The first-order valence-electron chi connectivity index (χ1n) is 8.17. The molecule has 25 heavy (non-hydrogen) atoms. The third kappa shape index (κ3) is 4.56. The molecule has 1 saturated heterocycles. The maximum atomic E-state index is 12.5. The van der Waals surface area contributed by atoms with Crippen molar-refractivity contribution in [2.75, 3.05) is 31.1 Å². The third-order valence-corrected chi connectivity index (χ3v) is 3.86. The van der Waals surface area contributed by atoms with Gasteiger partial charge in [0.1, 0.15) is 13.1 Å². The minimum absolute atomic E-state index is 0.169. The fourth-order valence-electron chi connectivity index (χ4n) is 2.60. The summed E-state index contributed by atoms with van der Waals surface area (Å²) in [6.07, 6.45) is 1.58. The minimum Gasteiger partial charge on any atom is -0.368 e. The summed E-state index contributed by atoms with van der Waals surface area (Å²) in [5.74, 6) is -1.40. The lowest BCUT2D eigenvalue weighted by Gasteiger charge is -2.24. The van der Waals surface area contributed by atoms with Crippen molar-refractivity contribution in [1.29, 1.82) is 0 Å². The Hall–Kier alpha value is -2.90. The molecule has 1 aliphatic heterocycles. The average molecular weight is 346 g/mol. The zero-order chi connectivity index (χ0) is 18.4. The van der Waals surface area contributed by atoms with E-state index in [4.69, 9.17) is 5.73 Å². The van der Waals surface area contributed by atoms with Crippen molar-refractivity contribution in [2.24, 2.45) is 5.73 Å². The quantitative estimate of drug-likeness (QED) is 0.695. The number of carbonyl (C=O) groups excluding carboxylic acids is 4. The van der Waals surface area contributed by atoms with E-state index in [0.717, 1.165) is 17.7 Å². The van der Waals surface area contributed by atoms with Crippen molar-refractivity contribution in [3.63, 3.8) is 0 Å². The van der Waals surface area contributed by atoms with Crippen LogP contribution in [0.2, 0.25) is 0 Å². The van der Waals surface area contributed by atoms with Crippen LogP contribution in [-0.4, -0.2) is 59.7 Å².